The molecule has 0 N–H and O–H groups in total. The van der Waals surface area contributed by atoms with Gasteiger partial charge in [-0.2, -0.15) is 0 Å². The molecule has 3 nitrogen and oxygen atoms in total. The number of benzene rings is 4. The summed E-state index contributed by atoms with van der Waals surface area (Å²) in [5.74, 6) is 1.72. The van der Waals surface area contributed by atoms with Crippen molar-refractivity contribution in [2.75, 3.05) is 4.90 Å². The van der Waals surface area contributed by atoms with Crippen molar-refractivity contribution in [3.05, 3.63) is 157 Å². The molecule has 2 heterocycles. The zero-order valence-electron chi connectivity index (χ0n) is 20.8. The Hall–Kier alpha value is -5.02. The van der Waals surface area contributed by atoms with Crippen LogP contribution in [-0.4, -0.2) is 9.97 Å². The van der Waals surface area contributed by atoms with Gasteiger partial charge in [0.2, 0.25) is 0 Å². The highest BCUT2D eigenvalue weighted by atomic mass is 15.3. The summed E-state index contributed by atoms with van der Waals surface area (Å²) in [6.45, 7) is 0. The van der Waals surface area contributed by atoms with E-state index in [9.17, 15) is 0 Å². The van der Waals surface area contributed by atoms with Crippen LogP contribution >= 0.6 is 0 Å². The zero-order chi connectivity index (χ0) is 25.3. The van der Waals surface area contributed by atoms with Crippen LogP contribution in [0.25, 0.3) is 33.6 Å². The summed E-state index contributed by atoms with van der Waals surface area (Å²) in [6.07, 6.45) is 0. The summed E-state index contributed by atoms with van der Waals surface area (Å²) in [6, 6.07) is 50.5. The van der Waals surface area contributed by atoms with Crippen LogP contribution in [0, 0.1) is 0 Å². The van der Waals surface area contributed by atoms with Crippen LogP contribution in [0.4, 0.5) is 11.6 Å². The van der Waals surface area contributed by atoms with Gasteiger partial charge in [-0.25, -0.2) is 9.97 Å². The first-order valence-electron chi connectivity index (χ1n) is 12.9. The standard InChI is InChI=1S/C35H25N3/c1-3-13-25(14-4-1)31-21-11-23-33(36-31)38(34-24-12-22-32(37-34)26-15-5-2-6-16-26)35-29-19-9-7-17-27(29)28-18-8-10-20-30(28)35/h1-24,35H. The van der Waals surface area contributed by atoms with Gasteiger partial charge in [0, 0.05) is 11.1 Å². The minimum atomic E-state index is -0.0561. The number of rotatable bonds is 5. The van der Waals surface area contributed by atoms with E-state index in [1.54, 1.807) is 0 Å². The molecule has 180 valence electrons. The van der Waals surface area contributed by atoms with Crippen LogP contribution in [0.2, 0.25) is 0 Å². The van der Waals surface area contributed by atoms with Gasteiger partial charge in [0.25, 0.3) is 0 Å². The largest absolute Gasteiger partial charge is 0.299 e. The second kappa shape index (κ2) is 9.45. The van der Waals surface area contributed by atoms with E-state index in [4.69, 9.17) is 9.97 Å². The lowest BCUT2D eigenvalue weighted by Gasteiger charge is -2.31. The van der Waals surface area contributed by atoms with Crippen molar-refractivity contribution in [3.8, 4) is 33.6 Å². The smallest absolute Gasteiger partial charge is 0.135 e. The van der Waals surface area contributed by atoms with Crippen LogP contribution in [0.5, 0.6) is 0 Å². The first-order valence-corrected chi connectivity index (χ1v) is 12.9. The molecule has 4 aromatic carbocycles. The Morgan fingerprint density at radius 3 is 1.29 bits per heavy atom. The van der Waals surface area contributed by atoms with Crippen molar-refractivity contribution in [1.82, 2.24) is 9.97 Å². The third-order valence-electron chi connectivity index (χ3n) is 7.16. The molecule has 0 aliphatic heterocycles. The molecule has 38 heavy (non-hydrogen) atoms. The summed E-state index contributed by atoms with van der Waals surface area (Å²) in [7, 11) is 0. The molecule has 0 atom stereocenters. The molecule has 0 saturated heterocycles. The highest BCUT2D eigenvalue weighted by molar-refractivity contribution is 5.82. The van der Waals surface area contributed by atoms with Gasteiger partial charge in [0.15, 0.2) is 0 Å². The maximum absolute atomic E-state index is 5.20. The van der Waals surface area contributed by atoms with Gasteiger partial charge in [0.05, 0.1) is 17.4 Å². The predicted molar refractivity (Wildman–Crippen MR) is 155 cm³/mol. The molecule has 7 rings (SSSR count). The molecule has 3 heteroatoms. The Bertz CT molecular complexity index is 1600. The van der Waals surface area contributed by atoms with E-state index >= 15 is 0 Å². The first-order chi connectivity index (χ1) is 18.9. The van der Waals surface area contributed by atoms with Gasteiger partial charge >= 0.3 is 0 Å². The maximum Gasteiger partial charge on any atom is 0.135 e. The molecule has 6 aromatic rings. The van der Waals surface area contributed by atoms with Crippen LogP contribution in [-0.2, 0) is 0 Å². The van der Waals surface area contributed by atoms with Gasteiger partial charge in [0.1, 0.15) is 11.6 Å². The van der Waals surface area contributed by atoms with E-state index in [0.29, 0.717) is 0 Å². The molecule has 1 aliphatic carbocycles. The number of hydrogen-bond donors (Lipinski definition) is 0. The fourth-order valence-electron chi connectivity index (χ4n) is 5.44. The quantitative estimate of drug-likeness (QED) is 0.243. The van der Waals surface area contributed by atoms with E-state index in [-0.39, 0.29) is 6.04 Å². The monoisotopic (exact) mass is 487 g/mol. The molecular formula is C35H25N3. The Kier molecular flexibility index (Phi) is 5.52. The Morgan fingerprint density at radius 1 is 0.395 bits per heavy atom. The lowest BCUT2D eigenvalue weighted by atomic mass is 10.0. The number of hydrogen-bond acceptors (Lipinski definition) is 3. The highest BCUT2D eigenvalue weighted by Gasteiger charge is 2.35. The molecule has 0 amide bonds. The average molecular weight is 488 g/mol. The lowest BCUT2D eigenvalue weighted by Crippen LogP contribution is -2.25. The summed E-state index contributed by atoms with van der Waals surface area (Å²) in [5.41, 5.74) is 9.09. The fraction of sp³-hybridized carbons (Fsp3) is 0.0286. The van der Waals surface area contributed by atoms with Crippen molar-refractivity contribution in [2.45, 2.75) is 6.04 Å². The SMILES string of the molecule is c1ccc(-c2cccc(N(c3cccc(-c4ccccc4)n3)C3c4ccccc4-c4ccccc43)n2)cc1. The van der Waals surface area contributed by atoms with Crippen LogP contribution in [0.1, 0.15) is 17.2 Å². The van der Waals surface area contributed by atoms with Crippen molar-refractivity contribution in [2.24, 2.45) is 0 Å². The molecule has 0 spiro atoms. The Labute approximate surface area is 222 Å². The number of anilines is 2. The van der Waals surface area contributed by atoms with Crippen molar-refractivity contribution in [1.29, 1.82) is 0 Å². The number of pyridine rings is 2. The topological polar surface area (TPSA) is 29.0 Å². The molecule has 0 saturated carbocycles. The summed E-state index contributed by atoms with van der Waals surface area (Å²) in [5, 5.41) is 0. The second-order valence-corrected chi connectivity index (χ2v) is 9.44. The molecule has 2 aromatic heterocycles. The number of nitrogens with zero attached hydrogens (tertiary/aromatic N) is 3. The maximum atomic E-state index is 5.20. The minimum absolute atomic E-state index is 0.0561. The van der Waals surface area contributed by atoms with E-state index in [2.05, 4.69) is 138 Å². The van der Waals surface area contributed by atoms with E-state index in [1.165, 1.54) is 22.3 Å². The number of fused-ring (bicyclic) bond motifs is 3. The summed E-state index contributed by atoms with van der Waals surface area (Å²) >= 11 is 0. The first kappa shape index (κ1) is 22.2. The predicted octanol–water partition coefficient (Wildman–Crippen LogP) is 8.72. The van der Waals surface area contributed by atoms with E-state index < -0.39 is 0 Å². The van der Waals surface area contributed by atoms with Crippen LogP contribution in [0.3, 0.4) is 0 Å². The summed E-state index contributed by atoms with van der Waals surface area (Å²) < 4.78 is 0. The third kappa shape index (κ3) is 3.86. The third-order valence-corrected chi connectivity index (χ3v) is 7.16. The van der Waals surface area contributed by atoms with Crippen LogP contribution < -0.4 is 4.90 Å². The minimum Gasteiger partial charge on any atom is -0.299 e. The van der Waals surface area contributed by atoms with Gasteiger partial charge in [-0.15, -0.1) is 0 Å². The van der Waals surface area contributed by atoms with Crippen molar-refractivity contribution in [3.63, 3.8) is 0 Å². The van der Waals surface area contributed by atoms with Gasteiger partial charge in [-0.05, 0) is 46.5 Å². The normalized spacial score (nSPS) is 12.1. The molecule has 1 aliphatic rings. The fourth-order valence-corrected chi connectivity index (χ4v) is 5.44. The van der Waals surface area contributed by atoms with Crippen LogP contribution in [0.15, 0.2) is 146 Å². The molecule has 0 bridgehead atoms. The average Bonchev–Trinajstić information content (AvgIpc) is 3.33. The lowest BCUT2D eigenvalue weighted by molar-refractivity contribution is 0.814. The number of aromatic nitrogens is 2. The van der Waals surface area contributed by atoms with Gasteiger partial charge in [-0.3, -0.25) is 4.90 Å². The van der Waals surface area contributed by atoms with E-state index in [1.807, 2.05) is 12.1 Å². The molecule has 0 fully saturated rings. The Morgan fingerprint density at radius 2 is 0.816 bits per heavy atom. The van der Waals surface area contributed by atoms with Gasteiger partial charge in [-0.1, -0.05) is 121 Å². The van der Waals surface area contributed by atoms with E-state index in [0.717, 1.165) is 34.2 Å². The summed E-state index contributed by atoms with van der Waals surface area (Å²) in [4.78, 5) is 12.7. The van der Waals surface area contributed by atoms with Crippen molar-refractivity contribution < 1.29 is 0 Å². The zero-order valence-corrected chi connectivity index (χ0v) is 20.8. The van der Waals surface area contributed by atoms with Gasteiger partial charge < -0.3 is 0 Å². The highest BCUT2D eigenvalue weighted by Crippen LogP contribution is 2.49. The molecule has 0 unspecified atom stereocenters. The molecule has 0 radical (unpaired) electrons. The Balaban J connectivity index is 1.45. The second-order valence-electron chi connectivity index (χ2n) is 9.44. The van der Waals surface area contributed by atoms with Crippen molar-refractivity contribution >= 4 is 11.6 Å². The molecular weight excluding hydrogens is 462 g/mol.